The first kappa shape index (κ1) is 25.9. The summed E-state index contributed by atoms with van der Waals surface area (Å²) >= 11 is 0. The van der Waals surface area contributed by atoms with Crippen molar-refractivity contribution < 1.29 is 29.5 Å². The van der Waals surface area contributed by atoms with E-state index in [0.29, 0.717) is 24.3 Å². The average molecular weight is 479 g/mol. The molecule has 0 aliphatic heterocycles. The smallest absolute Gasteiger partial charge is 0.306 e. The molecule has 0 saturated heterocycles. The van der Waals surface area contributed by atoms with Crippen molar-refractivity contribution in [1.82, 2.24) is 0 Å². The van der Waals surface area contributed by atoms with Crippen LogP contribution in [0.5, 0.6) is 0 Å². The maximum absolute atomic E-state index is 11.3. The van der Waals surface area contributed by atoms with Crippen LogP contribution in [-0.4, -0.2) is 67.3 Å². The number of hydrogen-bond acceptors (Lipinski definition) is 13. The standard InChI is InChI=1S/C12H5N7O12.Ca/c20-14(21)5-1-7(16(24)25)11(8(2-5)17(26)27)13-12-9(18(28)29)3-6(15(22)23)4-10(12)19(30)31;/h1-4,13H;. The van der Waals surface area contributed by atoms with E-state index in [2.05, 4.69) is 0 Å². The van der Waals surface area contributed by atoms with Crippen LogP contribution in [0.15, 0.2) is 24.3 Å². The van der Waals surface area contributed by atoms with Gasteiger partial charge in [-0.25, -0.2) is 0 Å². The Balaban J connectivity index is 0.00000512. The Hall–Kier alpha value is -4.10. The van der Waals surface area contributed by atoms with Gasteiger partial charge in [-0.3, -0.25) is 60.7 Å². The van der Waals surface area contributed by atoms with Crippen molar-refractivity contribution in [2.24, 2.45) is 0 Å². The maximum Gasteiger partial charge on any atom is 0.306 e. The molecule has 0 heterocycles. The molecule has 32 heavy (non-hydrogen) atoms. The number of nitro benzene ring substituents is 6. The largest absolute Gasteiger partial charge is 0.333 e. The molecule has 0 atom stereocenters. The molecule has 2 radical (unpaired) electrons. The van der Waals surface area contributed by atoms with E-state index in [1.54, 1.807) is 0 Å². The molecular weight excluding hydrogens is 474 g/mol. The Morgan fingerprint density at radius 3 is 0.844 bits per heavy atom. The van der Waals surface area contributed by atoms with Gasteiger partial charge in [-0.2, -0.15) is 0 Å². The Morgan fingerprint density at radius 2 is 0.688 bits per heavy atom. The minimum Gasteiger partial charge on any atom is -0.333 e. The summed E-state index contributed by atoms with van der Waals surface area (Å²) in [5, 5.41) is 68.9. The molecule has 0 aliphatic carbocycles. The maximum atomic E-state index is 11.3. The van der Waals surface area contributed by atoms with E-state index in [4.69, 9.17) is 0 Å². The predicted molar refractivity (Wildman–Crippen MR) is 102 cm³/mol. The zero-order chi connectivity index (χ0) is 23.6. The van der Waals surface area contributed by atoms with Gasteiger partial charge in [0, 0.05) is 37.7 Å². The van der Waals surface area contributed by atoms with Crippen molar-refractivity contribution >= 4 is 83.2 Å². The van der Waals surface area contributed by atoms with Crippen molar-refractivity contribution in [3.8, 4) is 0 Å². The normalized spacial score (nSPS) is 9.88. The summed E-state index contributed by atoms with van der Waals surface area (Å²) in [5.41, 5.74) is -9.66. The number of non-ortho nitro benzene ring substituents is 2. The molecule has 162 valence electrons. The predicted octanol–water partition coefficient (Wildman–Crippen LogP) is 2.50. The molecular formula is C12H5CaN7O12. The number of rotatable bonds is 8. The number of benzene rings is 2. The van der Waals surface area contributed by atoms with Crippen LogP contribution in [-0.2, 0) is 0 Å². The number of hydrogen-bond donors (Lipinski definition) is 1. The van der Waals surface area contributed by atoms with Crippen molar-refractivity contribution in [1.29, 1.82) is 0 Å². The van der Waals surface area contributed by atoms with Gasteiger partial charge >= 0.3 is 22.7 Å². The van der Waals surface area contributed by atoms with E-state index in [1.165, 1.54) is 0 Å². The zero-order valence-corrected chi connectivity index (χ0v) is 17.3. The third-order valence-corrected chi connectivity index (χ3v) is 3.62. The Kier molecular flexibility index (Phi) is 7.95. The van der Waals surface area contributed by atoms with E-state index in [9.17, 15) is 60.7 Å². The van der Waals surface area contributed by atoms with Gasteiger partial charge < -0.3 is 5.32 Å². The van der Waals surface area contributed by atoms with Crippen LogP contribution in [0.25, 0.3) is 0 Å². The van der Waals surface area contributed by atoms with Gasteiger partial charge in [0.1, 0.15) is 0 Å². The van der Waals surface area contributed by atoms with Crippen LogP contribution < -0.4 is 5.32 Å². The molecule has 19 nitrogen and oxygen atoms in total. The van der Waals surface area contributed by atoms with Gasteiger partial charge in [0.2, 0.25) is 0 Å². The second-order valence-corrected chi connectivity index (χ2v) is 5.39. The van der Waals surface area contributed by atoms with Crippen LogP contribution in [0.1, 0.15) is 0 Å². The summed E-state index contributed by atoms with van der Waals surface area (Å²) in [7, 11) is 0. The number of nitrogens with one attached hydrogen (secondary N) is 1. The molecule has 0 saturated carbocycles. The fraction of sp³-hybridized carbons (Fsp3) is 0. The van der Waals surface area contributed by atoms with Gasteiger partial charge in [-0.15, -0.1) is 0 Å². The average Bonchev–Trinajstić information content (AvgIpc) is 2.66. The Bertz CT molecular complexity index is 1040. The Morgan fingerprint density at radius 1 is 0.469 bits per heavy atom. The monoisotopic (exact) mass is 479 g/mol. The van der Waals surface area contributed by atoms with E-state index >= 15 is 0 Å². The number of nitro groups is 6. The SMILES string of the molecule is O=[N+]([O-])c1cc([N+](=O)[O-])c(Nc2c([N+](=O)[O-])cc([N+](=O)[O-])cc2[N+](=O)[O-])c([N+](=O)[O-])c1.[Ca]. The summed E-state index contributed by atoms with van der Waals surface area (Å²) < 4.78 is 0. The second-order valence-electron chi connectivity index (χ2n) is 5.39. The van der Waals surface area contributed by atoms with Crippen molar-refractivity contribution in [2.75, 3.05) is 5.32 Å². The molecule has 0 unspecified atom stereocenters. The molecule has 2 rings (SSSR count). The van der Waals surface area contributed by atoms with E-state index in [-0.39, 0.29) is 37.7 Å². The summed E-state index contributed by atoms with van der Waals surface area (Å²) in [6.07, 6.45) is 0. The van der Waals surface area contributed by atoms with Gasteiger partial charge in [0.25, 0.3) is 11.4 Å². The third kappa shape index (κ3) is 5.14. The summed E-state index contributed by atoms with van der Waals surface area (Å²) in [5.74, 6) is 0. The minimum atomic E-state index is -1.30. The van der Waals surface area contributed by atoms with Gasteiger partial charge in [0.05, 0.1) is 53.8 Å². The molecule has 0 bridgehead atoms. The van der Waals surface area contributed by atoms with Gasteiger partial charge in [-0.05, 0) is 0 Å². The summed E-state index contributed by atoms with van der Waals surface area (Å²) in [6, 6.07) is 1.16. The fourth-order valence-electron chi connectivity index (χ4n) is 2.36. The molecule has 0 spiro atoms. The quantitative estimate of drug-likeness (QED) is 0.324. The van der Waals surface area contributed by atoms with E-state index in [1.807, 2.05) is 5.32 Å². The van der Waals surface area contributed by atoms with Crippen LogP contribution in [0.4, 0.5) is 45.5 Å². The first-order valence-corrected chi connectivity index (χ1v) is 7.34. The van der Waals surface area contributed by atoms with Crippen LogP contribution in [0.3, 0.4) is 0 Å². The number of anilines is 2. The molecule has 2 aromatic rings. The molecule has 0 amide bonds. The fourth-order valence-corrected chi connectivity index (χ4v) is 2.36. The summed E-state index contributed by atoms with van der Waals surface area (Å²) in [6.45, 7) is 0. The van der Waals surface area contributed by atoms with Gasteiger partial charge in [-0.1, -0.05) is 0 Å². The molecule has 0 fully saturated rings. The zero-order valence-electron chi connectivity index (χ0n) is 15.1. The van der Waals surface area contributed by atoms with Crippen molar-refractivity contribution in [3.63, 3.8) is 0 Å². The van der Waals surface area contributed by atoms with Crippen molar-refractivity contribution in [2.45, 2.75) is 0 Å². The molecule has 20 heteroatoms. The second kappa shape index (κ2) is 9.80. The Labute approximate surface area is 202 Å². The van der Waals surface area contributed by atoms with Crippen molar-refractivity contribution in [3.05, 3.63) is 85.0 Å². The molecule has 0 aliphatic rings. The van der Waals surface area contributed by atoms with Gasteiger partial charge in [0.15, 0.2) is 11.4 Å². The summed E-state index contributed by atoms with van der Waals surface area (Å²) in [4.78, 5) is 59.5. The third-order valence-electron chi connectivity index (χ3n) is 3.62. The molecule has 0 aromatic heterocycles. The van der Waals surface area contributed by atoms with E-state index in [0.717, 1.165) is 0 Å². The molecule has 2 aromatic carbocycles. The first-order chi connectivity index (χ1) is 14.3. The van der Waals surface area contributed by atoms with Crippen LogP contribution in [0, 0.1) is 60.7 Å². The molecule has 1 N–H and O–H groups in total. The van der Waals surface area contributed by atoms with Crippen LogP contribution in [0.2, 0.25) is 0 Å². The van der Waals surface area contributed by atoms with Crippen LogP contribution >= 0.6 is 0 Å². The minimum absolute atomic E-state index is 0. The number of nitrogens with zero attached hydrogens (tertiary/aromatic N) is 6. The first-order valence-electron chi connectivity index (χ1n) is 7.34. The van der Waals surface area contributed by atoms with E-state index < -0.39 is 75.0 Å². The topological polar surface area (TPSA) is 271 Å².